The zero-order valence-corrected chi connectivity index (χ0v) is 13.8. The number of hydrogen-bond acceptors (Lipinski definition) is 5. The first-order chi connectivity index (χ1) is 11.7. The number of imidazole rings is 1. The van der Waals surface area contributed by atoms with Crippen LogP contribution < -0.4 is 4.74 Å². The summed E-state index contributed by atoms with van der Waals surface area (Å²) in [6, 6.07) is 9.16. The van der Waals surface area contributed by atoms with Crippen LogP contribution in [0.2, 0.25) is 0 Å². The summed E-state index contributed by atoms with van der Waals surface area (Å²) in [7, 11) is 2.01. The van der Waals surface area contributed by atoms with Crippen molar-refractivity contribution < 1.29 is 9.84 Å². The van der Waals surface area contributed by atoms with Crippen molar-refractivity contribution >= 4 is 0 Å². The number of para-hydroxylation sites is 1. The molecule has 6 heteroatoms. The Hall–Kier alpha value is -2.36. The van der Waals surface area contributed by atoms with E-state index in [0.29, 0.717) is 23.8 Å². The third-order valence-corrected chi connectivity index (χ3v) is 4.40. The fraction of sp³-hybridized carbons (Fsp3) is 0.444. The summed E-state index contributed by atoms with van der Waals surface area (Å²) in [4.78, 5) is 6.66. The Bertz CT molecular complexity index is 722. The molecule has 2 unspecified atom stereocenters. The number of aliphatic hydroxyl groups excluding tert-OH is 1. The lowest BCUT2D eigenvalue weighted by Crippen LogP contribution is -2.34. The number of rotatable bonds is 6. The lowest BCUT2D eigenvalue weighted by Gasteiger charge is -2.20. The number of nitriles is 1. The second-order valence-corrected chi connectivity index (χ2v) is 6.21. The van der Waals surface area contributed by atoms with E-state index >= 15 is 0 Å². The first-order valence-electron chi connectivity index (χ1n) is 8.17. The van der Waals surface area contributed by atoms with E-state index in [1.165, 1.54) is 0 Å². The molecule has 2 aromatic rings. The Kier molecular flexibility index (Phi) is 5.14. The number of aromatic nitrogens is 2. The lowest BCUT2D eigenvalue weighted by atomic mass is 10.1. The van der Waals surface area contributed by atoms with Gasteiger partial charge >= 0.3 is 0 Å². The van der Waals surface area contributed by atoms with Gasteiger partial charge in [-0.25, -0.2) is 4.98 Å². The Morgan fingerprint density at radius 1 is 1.46 bits per heavy atom. The summed E-state index contributed by atoms with van der Waals surface area (Å²) < 4.78 is 7.66. The van der Waals surface area contributed by atoms with Crippen molar-refractivity contribution in [1.29, 1.82) is 5.26 Å². The van der Waals surface area contributed by atoms with Crippen LogP contribution in [0.15, 0.2) is 36.7 Å². The van der Waals surface area contributed by atoms with E-state index in [4.69, 9.17) is 10.00 Å². The molecule has 0 saturated carbocycles. The van der Waals surface area contributed by atoms with E-state index in [0.717, 1.165) is 25.3 Å². The normalized spacial score (nSPS) is 19.1. The molecular formula is C18H22N4O2. The molecule has 24 heavy (non-hydrogen) atoms. The highest BCUT2D eigenvalue weighted by Crippen LogP contribution is 2.25. The molecule has 6 nitrogen and oxygen atoms in total. The molecule has 0 bridgehead atoms. The third kappa shape index (κ3) is 3.75. The van der Waals surface area contributed by atoms with Crippen LogP contribution in [-0.4, -0.2) is 51.9 Å². The summed E-state index contributed by atoms with van der Waals surface area (Å²) in [5.41, 5.74) is 0.487. The van der Waals surface area contributed by atoms with Crippen LogP contribution in [0, 0.1) is 11.3 Å². The third-order valence-electron chi connectivity index (χ3n) is 4.40. The van der Waals surface area contributed by atoms with Gasteiger partial charge in [0.25, 0.3) is 0 Å². The van der Waals surface area contributed by atoms with E-state index in [-0.39, 0.29) is 6.61 Å². The predicted molar refractivity (Wildman–Crippen MR) is 89.7 cm³/mol. The molecule has 3 rings (SSSR count). The number of nitrogens with zero attached hydrogens (tertiary/aromatic N) is 4. The molecular weight excluding hydrogens is 304 g/mol. The average Bonchev–Trinajstić information content (AvgIpc) is 3.21. The summed E-state index contributed by atoms with van der Waals surface area (Å²) in [6.07, 6.45) is 4.26. The largest absolute Gasteiger partial charge is 0.489 e. The second-order valence-electron chi connectivity index (χ2n) is 6.21. The molecule has 1 aliphatic heterocycles. The first kappa shape index (κ1) is 16.5. The van der Waals surface area contributed by atoms with E-state index in [2.05, 4.69) is 20.5 Å². The highest BCUT2D eigenvalue weighted by Gasteiger charge is 2.27. The number of β-amino-alcohol motifs (C(OH)–C–C–N with tert-alkyl or cyclic N) is 1. The van der Waals surface area contributed by atoms with Gasteiger partial charge in [-0.05, 0) is 25.1 Å². The monoisotopic (exact) mass is 326 g/mol. The maximum absolute atomic E-state index is 10.2. The van der Waals surface area contributed by atoms with Gasteiger partial charge in [0.05, 0.1) is 5.56 Å². The summed E-state index contributed by atoms with van der Waals surface area (Å²) in [6.45, 7) is 2.60. The van der Waals surface area contributed by atoms with Gasteiger partial charge in [0.2, 0.25) is 0 Å². The number of hydrogen-bond donors (Lipinski definition) is 1. The molecule has 126 valence electrons. The second kappa shape index (κ2) is 7.47. The predicted octanol–water partition coefficient (Wildman–Crippen LogP) is 1.52. The van der Waals surface area contributed by atoms with Crippen molar-refractivity contribution in [3.05, 3.63) is 48.0 Å². The van der Waals surface area contributed by atoms with Crippen molar-refractivity contribution in [3.8, 4) is 11.8 Å². The van der Waals surface area contributed by atoms with E-state index < -0.39 is 6.10 Å². The van der Waals surface area contributed by atoms with Crippen LogP contribution in [0.3, 0.4) is 0 Å². The fourth-order valence-corrected chi connectivity index (χ4v) is 3.20. The summed E-state index contributed by atoms with van der Waals surface area (Å²) >= 11 is 0. The highest BCUT2D eigenvalue weighted by atomic mass is 16.5. The molecule has 2 atom stereocenters. The maximum atomic E-state index is 10.2. The smallest absolute Gasteiger partial charge is 0.137 e. The Morgan fingerprint density at radius 2 is 2.29 bits per heavy atom. The van der Waals surface area contributed by atoms with E-state index in [1.54, 1.807) is 18.2 Å². The minimum Gasteiger partial charge on any atom is -0.489 e. The SMILES string of the molecule is Cn1ccnc1C1CCN(CC(O)COc2ccccc2C#N)C1. The number of benzene rings is 1. The summed E-state index contributed by atoms with van der Waals surface area (Å²) in [5.74, 6) is 2.04. The molecule has 1 N–H and O–H groups in total. The Balaban J connectivity index is 1.48. The fourth-order valence-electron chi connectivity index (χ4n) is 3.20. The number of ether oxygens (including phenoxy) is 1. The molecule has 0 spiro atoms. The molecule has 0 radical (unpaired) electrons. The van der Waals surface area contributed by atoms with Crippen molar-refractivity contribution in [2.24, 2.45) is 7.05 Å². The lowest BCUT2D eigenvalue weighted by molar-refractivity contribution is 0.0752. The Labute approximate surface area is 141 Å². The first-order valence-corrected chi connectivity index (χ1v) is 8.17. The van der Waals surface area contributed by atoms with Crippen molar-refractivity contribution in [3.63, 3.8) is 0 Å². The quantitative estimate of drug-likeness (QED) is 0.871. The number of aliphatic hydroxyl groups is 1. The van der Waals surface area contributed by atoms with Gasteiger partial charge < -0.3 is 14.4 Å². The van der Waals surface area contributed by atoms with Crippen LogP contribution in [0.1, 0.15) is 23.7 Å². The molecule has 1 aliphatic rings. The van der Waals surface area contributed by atoms with Crippen LogP contribution >= 0.6 is 0 Å². The van der Waals surface area contributed by atoms with Crippen molar-refractivity contribution in [2.45, 2.75) is 18.4 Å². The summed E-state index contributed by atoms with van der Waals surface area (Å²) in [5, 5.41) is 19.3. The van der Waals surface area contributed by atoms with Crippen molar-refractivity contribution in [2.75, 3.05) is 26.2 Å². The zero-order chi connectivity index (χ0) is 16.9. The standard InChI is InChI=1S/C18H22N4O2/c1-21-9-7-20-18(21)15-6-8-22(11-15)12-16(23)13-24-17-5-3-2-4-14(17)10-19/h2-5,7,9,15-16,23H,6,8,11-13H2,1H3. The van der Waals surface area contributed by atoms with Gasteiger partial charge in [0, 0.05) is 38.4 Å². The maximum Gasteiger partial charge on any atom is 0.137 e. The van der Waals surface area contributed by atoms with Gasteiger partial charge in [0.15, 0.2) is 0 Å². The number of likely N-dealkylation sites (tertiary alicyclic amines) is 1. The van der Waals surface area contributed by atoms with Crippen LogP contribution in [-0.2, 0) is 7.05 Å². The highest BCUT2D eigenvalue weighted by molar-refractivity contribution is 5.42. The van der Waals surface area contributed by atoms with Crippen LogP contribution in [0.25, 0.3) is 0 Å². The van der Waals surface area contributed by atoms with Gasteiger partial charge in [0.1, 0.15) is 30.4 Å². The minimum absolute atomic E-state index is 0.183. The topological polar surface area (TPSA) is 74.3 Å². The van der Waals surface area contributed by atoms with Crippen LogP contribution in [0.4, 0.5) is 0 Å². The minimum atomic E-state index is -0.586. The molecule has 1 aromatic heterocycles. The molecule has 1 fully saturated rings. The van der Waals surface area contributed by atoms with Crippen LogP contribution in [0.5, 0.6) is 5.75 Å². The Morgan fingerprint density at radius 3 is 3.04 bits per heavy atom. The average molecular weight is 326 g/mol. The molecule has 0 aliphatic carbocycles. The number of aryl methyl sites for hydroxylation is 1. The zero-order valence-electron chi connectivity index (χ0n) is 13.8. The molecule has 0 amide bonds. The molecule has 1 aromatic carbocycles. The van der Waals surface area contributed by atoms with Gasteiger partial charge in [-0.3, -0.25) is 4.90 Å². The van der Waals surface area contributed by atoms with Gasteiger partial charge in [-0.2, -0.15) is 5.26 Å². The van der Waals surface area contributed by atoms with Gasteiger partial charge in [-0.15, -0.1) is 0 Å². The molecule has 2 heterocycles. The van der Waals surface area contributed by atoms with Gasteiger partial charge in [-0.1, -0.05) is 12.1 Å². The van der Waals surface area contributed by atoms with E-state index in [1.807, 2.05) is 25.5 Å². The van der Waals surface area contributed by atoms with E-state index in [9.17, 15) is 5.11 Å². The molecule has 1 saturated heterocycles. The van der Waals surface area contributed by atoms with Crippen molar-refractivity contribution in [1.82, 2.24) is 14.5 Å².